The van der Waals surface area contributed by atoms with Crippen LogP contribution in [0.2, 0.25) is 0 Å². The summed E-state index contributed by atoms with van der Waals surface area (Å²) in [5.74, 6) is -0.0972. The number of benzene rings is 1. The van der Waals surface area contributed by atoms with E-state index in [1.807, 2.05) is 48.9 Å². The molecule has 0 aliphatic heterocycles. The minimum Gasteiger partial charge on any atom is -0.325 e. The quantitative estimate of drug-likeness (QED) is 0.880. The molecule has 5 nitrogen and oxygen atoms in total. The van der Waals surface area contributed by atoms with Crippen LogP contribution in [0.15, 0.2) is 43.0 Å². The molecular formula is C14H18N4O. The van der Waals surface area contributed by atoms with Crippen LogP contribution in [0.3, 0.4) is 0 Å². The largest absolute Gasteiger partial charge is 0.325 e. The first-order valence-corrected chi connectivity index (χ1v) is 6.12. The molecule has 0 saturated carbocycles. The molecule has 1 aromatic carbocycles. The van der Waals surface area contributed by atoms with Crippen LogP contribution in [0.4, 0.5) is 5.69 Å². The third-order valence-electron chi connectivity index (χ3n) is 2.58. The number of carbonyl (C=O) groups excluding carboxylic acids is 1. The van der Waals surface area contributed by atoms with Crippen molar-refractivity contribution in [1.82, 2.24) is 9.55 Å². The van der Waals surface area contributed by atoms with E-state index in [4.69, 9.17) is 5.73 Å². The smallest absolute Gasteiger partial charge is 0.226 e. The topological polar surface area (TPSA) is 72.9 Å². The van der Waals surface area contributed by atoms with Gasteiger partial charge in [-0.2, -0.15) is 0 Å². The lowest BCUT2D eigenvalue weighted by Crippen LogP contribution is -2.36. The molecule has 1 heterocycles. The first-order chi connectivity index (χ1) is 8.96. The number of amides is 1. The molecular weight excluding hydrogens is 240 g/mol. The number of imidazole rings is 1. The number of rotatable bonds is 4. The molecule has 0 atom stereocenters. The van der Waals surface area contributed by atoms with Crippen LogP contribution in [0.5, 0.6) is 0 Å². The Morgan fingerprint density at radius 3 is 2.79 bits per heavy atom. The van der Waals surface area contributed by atoms with Crippen LogP contribution in [0.25, 0.3) is 5.69 Å². The van der Waals surface area contributed by atoms with Crippen molar-refractivity contribution in [2.24, 2.45) is 5.73 Å². The molecule has 0 aliphatic rings. The van der Waals surface area contributed by atoms with Crippen LogP contribution >= 0.6 is 0 Å². The summed E-state index contributed by atoms with van der Waals surface area (Å²) in [6, 6.07) is 7.57. The van der Waals surface area contributed by atoms with Crippen molar-refractivity contribution >= 4 is 11.6 Å². The number of hydrogen-bond acceptors (Lipinski definition) is 3. The fourth-order valence-corrected chi connectivity index (χ4v) is 1.81. The van der Waals surface area contributed by atoms with E-state index < -0.39 is 5.54 Å². The van der Waals surface area contributed by atoms with Gasteiger partial charge >= 0.3 is 0 Å². The van der Waals surface area contributed by atoms with Crippen LogP contribution in [-0.4, -0.2) is 21.0 Å². The first kappa shape index (κ1) is 13.3. The van der Waals surface area contributed by atoms with Crippen molar-refractivity contribution in [2.45, 2.75) is 25.8 Å². The lowest BCUT2D eigenvalue weighted by Gasteiger charge is -2.18. The number of nitrogens with zero attached hydrogens (tertiary/aromatic N) is 2. The third-order valence-corrected chi connectivity index (χ3v) is 2.58. The summed E-state index contributed by atoms with van der Waals surface area (Å²) in [6.45, 7) is 3.66. The molecule has 0 radical (unpaired) electrons. The highest BCUT2D eigenvalue weighted by Gasteiger charge is 2.17. The second-order valence-corrected chi connectivity index (χ2v) is 5.20. The number of nitrogens with one attached hydrogen (secondary N) is 1. The van der Waals surface area contributed by atoms with Gasteiger partial charge in [0.05, 0.1) is 17.7 Å². The van der Waals surface area contributed by atoms with E-state index in [9.17, 15) is 4.79 Å². The van der Waals surface area contributed by atoms with E-state index >= 15 is 0 Å². The second kappa shape index (κ2) is 5.24. The third kappa shape index (κ3) is 3.66. The fraction of sp³-hybridized carbons (Fsp3) is 0.286. The zero-order valence-electron chi connectivity index (χ0n) is 11.1. The maximum absolute atomic E-state index is 11.9. The minimum atomic E-state index is -0.520. The van der Waals surface area contributed by atoms with Gasteiger partial charge in [0.15, 0.2) is 0 Å². The number of aromatic nitrogens is 2. The van der Waals surface area contributed by atoms with Crippen molar-refractivity contribution in [1.29, 1.82) is 0 Å². The van der Waals surface area contributed by atoms with E-state index in [1.165, 1.54) is 0 Å². The van der Waals surface area contributed by atoms with Crippen LogP contribution in [-0.2, 0) is 4.79 Å². The Kier molecular flexibility index (Phi) is 3.66. The predicted molar refractivity (Wildman–Crippen MR) is 75.1 cm³/mol. The Labute approximate surface area is 112 Å². The second-order valence-electron chi connectivity index (χ2n) is 5.20. The van der Waals surface area contributed by atoms with Crippen molar-refractivity contribution < 1.29 is 4.79 Å². The Bertz CT molecular complexity index is 555. The van der Waals surface area contributed by atoms with E-state index in [1.54, 1.807) is 12.5 Å². The maximum atomic E-state index is 11.9. The number of hydrogen-bond donors (Lipinski definition) is 2. The van der Waals surface area contributed by atoms with Crippen LogP contribution in [0.1, 0.15) is 20.3 Å². The van der Waals surface area contributed by atoms with E-state index in [0.29, 0.717) is 0 Å². The minimum absolute atomic E-state index is 0.0972. The normalized spacial score (nSPS) is 11.3. The van der Waals surface area contributed by atoms with Crippen molar-refractivity contribution in [2.75, 3.05) is 5.32 Å². The summed E-state index contributed by atoms with van der Waals surface area (Å²) >= 11 is 0. The highest BCUT2D eigenvalue weighted by Crippen LogP contribution is 2.20. The molecule has 3 N–H and O–H groups in total. The van der Waals surface area contributed by atoms with Crippen molar-refractivity contribution in [3.05, 3.63) is 43.0 Å². The Hall–Kier alpha value is -2.14. The van der Waals surface area contributed by atoms with Gasteiger partial charge in [0.25, 0.3) is 0 Å². The summed E-state index contributed by atoms with van der Waals surface area (Å²) in [6.07, 6.45) is 5.49. The Morgan fingerprint density at radius 2 is 2.16 bits per heavy atom. The van der Waals surface area contributed by atoms with Gasteiger partial charge in [0.1, 0.15) is 0 Å². The molecule has 2 aromatic rings. The summed E-state index contributed by atoms with van der Waals surface area (Å²) in [5.41, 5.74) is 6.95. The summed E-state index contributed by atoms with van der Waals surface area (Å²) in [4.78, 5) is 15.9. The molecule has 0 aliphatic carbocycles. The molecule has 0 bridgehead atoms. The maximum Gasteiger partial charge on any atom is 0.226 e. The Morgan fingerprint density at radius 1 is 1.42 bits per heavy atom. The molecule has 100 valence electrons. The lowest BCUT2D eigenvalue weighted by molar-refractivity contribution is -0.117. The molecule has 0 saturated heterocycles. The molecule has 0 fully saturated rings. The van der Waals surface area contributed by atoms with E-state index in [0.717, 1.165) is 11.4 Å². The SMILES string of the molecule is CC(C)(N)CC(=O)Nc1ccccc1-n1ccnc1. The number of para-hydroxylation sites is 2. The average molecular weight is 258 g/mol. The summed E-state index contributed by atoms with van der Waals surface area (Å²) in [7, 11) is 0. The zero-order chi connectivity index (χ0) is 13.9. The van der Waals surface area contributed by atoms with Crippen molar-refractivity contribution in [3.8, 4) is 5.69 Å². The van der Waals surface area contributed by atoms with Gasteiger partial charge in [-0.3, -0.25) is 4.79 Å². The molecule has 2 rings (SSSR count). The molecule has 0 spiro atoms. The van der Waals surface area contributed by atoms with Crippen LogP contribution in [0, 0.1) is 0 Å². The van der Waals surface area contributed by atoms with Gasteiger partial charge in [-0.1, -0.05) is 12.1 Å². The number of anilines is 1. The number of carbonyl (C=O) groups is 1. The monoisotopic (exact) mass is 258 g/mol. The Balaban J connectivity index is 2.20. The highest BCUT2D eigenvalue weighted by molar-refractivity contribution is 5.93. The average Bonchev–Trinajstić information content (AvgIpc) is 2.80. The van der Waals surface area contributed by atoms with Gasteiger partial charge in [-0.25, -0.2) is 4.98 Å². The zero-order valence-corrected chi connectivity index (χ0v) is 11.1. The summed E-state index contributed by atoms with van der Waals surface area (Å²) < 4.78 is 1.85. The highest BCUT2D eigenvalue weighted by atomic mass is 16.1. The fourth-order valence-electron chi connectivity index (χ4n) is 1.81. The van der Waals surface area contributed by atoms with E-state index in [-0.39, 0.29) is 12.3 Å². The number of nitrogens with two attached hydrogens (primary N) is 1. The standard InChI is InChI=1S/C14H18N4O/c1-14(2,15)9-13(19)17-11-5-3-4-6-12(11)18-8-7-16-10-18/h3-8,10H,9,15H2,1-2H3,(H,17,19). The van der Waals surface area contributed by atoms with Gasteiger partial charge < -0.3 is 15.6 Å². The lowest BCUT2D eigenvalue weighted by atomic mass is 10.0. The van der Waals surface area contributed by atoms with Crippen LogP contribution < -0.4 is 11.1 Å². The van der Waals surface area contributed by atoms with Crippen molar-refractivity contribution in [3.63, 3.8) is 0 Å². The molecule has 19 heavy (non-hydrogen) atoms. The van der Waals surface area contributed by atoms with Gasteiger partial charge in [0, 0.05) is 24.4 Å². The van der Waals surface area contributed by atoms with E-state index in [2.05, 4.69) is 10.3 Å². The summed E-state index contributed by atoms with van der Waals surface area (Å²) in [5, 5.41) is 2.89. The first-order valence-electron chi connectivity index (χ1n) is 6.12. The van der Waals surface area contributed by atoms with Gasteiger partial charge in [0.2, 0.25) is 5.91 Å². The molecule has 5 heteroatoms. The molecule has 1 aromatic heterocycles. The van der Waals surface area contributed by atoms with Gasteiger partial charge in [-0.15, -0.1) is 0 Å². The predicted octanol–water partition coefficient (Wildman–Crippen LogP) is 1.94. The molecule has 1 amide bonds. The molecule has 0 unspecified atom stereocenters. The van der Waals surface area contributed by atoms with Gasteiger partial charge in [-0.05, 0) is 26.0 Å².